The molecule has 9 heteroatoms. The predicted molar refractivity (Wildman–Crippen MR) is 93.0 cm³/mol. The van der Waals surface area contributed by atoms with Gasteiger partial charge in [0.1, 0.15) is 16.5 Å². The van der Waals surface area contributed by atoms with Crippen molar-refractivity contribution in [2.45, 2.75) is 31.8 Å². The average Bonchev–Trinajstić information content (AvgIpc) is 2.95. The molecule has 0 bridgehead atoms. The van der Waals surface area contributed by atoms with Gasteiger partial charge < -0.3 is 0 Å². The number of hydrogen-bond acceptors (Lipinski definition) is 4. The van der Waals surface area contributed by atoms with Gasteiger partial charge >= 0.3 is 0 Å². The second-order valence-corrected chi connectivity index (χ2v) is 8.26. The summed E-state index contributed by atoms with van der Waals surface area (Å²) in [6, 6.07) is 2.53. The zero-order chi connectivity index (χ0) is 18.9. The molecule has 0 amide bonds. The fraction of sp³-hybridized carbons (Fsp3) is 0.471. The van der Waals surface area contributed by atoms with Crippen LogP contribution in [0.15, 0.2) is 29.3 Å². The van der Waals surface area contributed by atoms with E-state index in [9.17, 15) is 17.2 Å². The minimum Gasteiger partial charge on any atom is -0.296 e. The second-order valence-electron chi connectivity index (χ2n) is 6.35. The van der Waals surface area contributed by atoms with E-state index in [0.717, 1.165) is 29.9 Å². The van der Waals surface area contributed by atoms with Gasteiger partial charge in [-0.15, -0.1) is 0 Å². The number of aryl methyl sites for hydroxylation is 2. The van der Waals surface area contributed by atoms with Crippen LogP contribution in [-0.2, 0) is 23.1 Å². The number of nitrogens with zero attached hydrogens (tertiary/aromatic N) is 4. The van der Waals surface area contributed by atoms with Crippen LogP contribution in [-0.4, -0.2) is 53.6 Å². The zero-order valence-electron chi connectivity index (χ0n) is 14.8. The maximum absolute atomic E-state index is 13.9. The largest absolute Gasteiger partial charge is 0.296 e. The molecule has 0 atom stereocenters. The molecule has 0 aliphatic carbocycles. The van der Waals surface area contributed by atoms with Gasteiger partial charge in [0, 0.05) is 57.1 Å². The van der Waals surface area contributed by atoms with Crippen molar-refractivity contribution in [3.05, 3.63) is 47.3 Å². The summed E-state index contributed by atoms with van der Waals surface area (Å²) in [5.74, 6) is -1.86. The highest BCUT2D eigenvalue weighted by Crippen LogP contribution is 2.22. The molecule has 3 rings (SSSR count). The van der Waals surface area contributed by atoms with E-state index >= 15 is 0 Å². The first-order valence-electron chi connectivity index (χ1n) is 8.51. The van der Waals surface area contributed by atoms with Crippen LogP contribution in [0.25, 0.3) is 0 Å². The molecule has 1 aliphatic rings. The molecule has 142 valence electrons. The lowest BCUT2D eigenvalue weighted by Crippen LogP contribution is -2.48. The first-order chi connectivity index (χ1) is 12.3. The Bertz CT molecular complexity index is 890. The normalized spacial score (nSPS) is 16.9. The third kappa shape index (κ3) is 3.79. The topological polar surface area (TPSA) is 58.4 Å². The van der Waals surface area contributed by atoms with Crippen molar-refractivity contribution in [3.8, 4) is 0 Å². The number of benzene rings is 1. The fourth-order valence-corrected chi connectivity index (χ4v) is 4.54. The first kappa shape index (κ1) is 18.9. The number of rotatable bonds is 5. The molecule has 0 spiro atoms. The molecule has 26 heavy (non-hydrogen) atoms. The number of halogens is 2. The third-order valence-corrected chi connectivity index (χ3v) is 6.54. The lowest BCUT2D eigenvalue weighted by Gasteiger charge is -2.33. The molecule has 1 aromatic heterocycles. The smallest absolute Gasteiger partial charge is 0.246 e. The summed E-state index contributed by atoms with van der Waals surface area (Å²) in [5.41, 5.74) is 2.09. The highest BCUT2D eigenvalue weighted by atomic mass is 32.2. The van der Waals surface area contributed by atoms with Gasteiger partial charge in [-0.1, -0.05) is 0 Å². The van der Waals surface area contributed by atoms with Gasteiger partial charge in [0.15, 0.2) is 0 Å². The molecule has 0 unspecified atom stereocenters. The summed E-state index contributed by atoms with van der Waals surface area (Å²) < 4.78 is 55.3. The van der Waals surface area contributed by atoms with Gasteiger partial charge in [0.05, 0.1) is 5.69 Å². The maximum atomic E-state index is 13.9. The second kappa shape index (κ2) is 7.42. The Kier molecular flexibility index (Phi) is 5.40. The van der Waals surface area contributed by atoms with Crippen LogP contribution >= 0.6 is 0 Å². The van der Waals surface area contributed by atoms with Crippen LogP contribution in [0.3, 0.4) is 0 Å². The Morgan fingerprint density at radius 3 is 2.42 bits per heavy atom. The summed E-state index contributed by atoms with van der Waals surface area (Å²) in [6.45, 7) is 7.09. The first-order valence-corrected chi connectivity index (χ1v) is 9.95. The molecule has 0 saturated carbocycles. The van der Waals surface area contributed by atoms with Gasteiger partial charge in [-0.25, -0.2) is 17.2 Å². The highest BCUT2D eigenvalue weighted by Gasteiger charge is 2.31. The molecule has 1 aliphatic heterocycles. The van der Waals surface area contributed by atoms with Crippen molar-refractivity contribution in [3.63, 3.8) is 0 Å². The van der Waals surface area contributed by atoms with Gasteiger partial charge in [0.25, 0.3) is 0 Å². The van der Waals surface area contributed by atoms with E-state index < -0.39 is 26.6 Å². The summed E-state index contributed by atoms with van der Waals surface area (Å²) >= 11 is 0. The SMILES string of the molecule is CCn1cc(CN2CCN(S(=O)(=O)c3ccc(F)cc3F)CC2)c(C)n1. The van der Waals surface area contributed by atoms with Crippen LogP contribution in [0, 0.1) is 18.6 Å². The Balaban J connectivity index is 1.66. The van der Waals surface area contributed by atoms with Crippen molar-refractivity contribution in [2.75, 3.05) is 26.2 Å². The molecule has 6 nitrogen and oxygen atoms in total. The third-order valence-electron chi connectivity index (χ3n) is 4.61. The number of piperazine rings is 1. The summed E-state index contributed by atoms with van der Waals surface area (Å²) in [4.78, 5) is 1.67. The average molecular weight is 384 g/mol. The standard InChI is InChI=1S/C17H22F2N4O2S/c1-3-22-12-14(13(2)20-22)11-21-6-8-23(9-7-21)26(24,25)17-5-4-15(18)10-16(17)19/h4-5,10,12H,3,6-9,11H2,1-2H3. The Morgan fingerprint density at radius 2 is 1.85 bits per heavy atom. The van der Waals surface area contributed by atoms with Crippen molar-refractivity contribution < 1.29 is 17.2 Å². The zero-order valence-corrected chi connectivity index (χ0v) is 15.6. The number of hydrogen-bond donors (Lipinski definition) is 0. The molecule has 1 saturated heterocycles. The van der Waals surface area contributed by atoms with Gasteiger partial charge in [0.2, 0.25) is 10.0 Å². The van der Waals surface area contributed by atoms with Gasteiger partial charge in [-0.2, -0.15) is 9.40 Å². The van der Waals surface area contributed by atoms with E-state index in [1.165, 1.54) is 4.31 Å². The highest BCUT2D eigenvalue weighted by molar-refractivity contribution is 7.89. The number of sulfonamides is 1. The van der Waals surface area contributed by atoms with E-state index in [0.29, 0.717) is 25.7 Å². The van der Waals surface area contributed by atoms with E-state index in [1.54, 1.807) is 0 Å². The molecule has 2 heterocycles. The molecular formula is C17H22F2N4O2S. The quantitative estimate of drug-likeness (QED) is 0.791. The van der Waals surface area contributed by atoms with E-state index in [2.05, 4.69) is 10.00 Å². The van der Waals surface area contributed by atoms with Crippen molar-refractivity contribution in [1.82, 2.24) is 19.0 Å². The Hall–Kier alpha value is -1.84. The summed E-state index contributed by atoms with van der Waals surface area (Å²) in [5, 5.41) is 4.42. The van der Waals surface area contributed by atoms with Crippen molar-refractivity contribution in [1.29, 1.82) is 0 Å². The van der Waals surface area contributed by atoms with Gasteiger partial charge in [-0.05, 0) is 26.0 Å². The lowest BCUT2D eigenvalue weighted by molar-refractivity contribution is 0.181. The summed E-state index contributed by atoms with van der Waals surface area (Å²) in [6.07, 6.45) is 2.01. The van der Waals surface area contributed by atoms with Crippen LogP contribution in [0.5, 0.6) is 0 Å². The van der Waals surface area contributed by atoms with Gasteiger partial charge in [-0.3, -0.25) is 9.58 Å². The predicted octanol–water partition coefficient (Wildman–Crippen LogP) is 2.00. The number of aromatic nitrogens is 2. The molecule has 0 N–H and O–H groups in total. The van der Waals surface area contributed by atoms with Crippen LogP contribution in [0.1, 0.15) is 18.2 Å². The van der Waals surface area contributed by atoms with Crippen molar-refractivity contribution >= 4 is 10.0 Å². The van der Waals surface area contributed by atoms with Crippen LogP contribution < -0.4 is 0 Å². The molecule has 1 aromatic carbocycles. The summed E-state index contributed by atoms with van der Waals surface area (Å²) in [7, 11) is -3.97. The lowest BCUT2D eigenvalue weighted by atomic mass is 10.2. The fourth-order valence-electron chi connectivity index (χ4n) is 3.07. The van der Waals surface area contributed by atoms with Crippen LogP contribution in [0.2, 0.25) is 0 Å². The van der Waals surface area contributed by atoms with Crippen molar-refractivity contribution in [2.24, 2.45) is 0 Å². The molecule has 0 radical (unpaired) electrons. The van der Waals surface area contributed by atoms with Crippen LogP contribution in [0.4, 0.5) is 8.78 Å². The maximum Gasteiger partial charge on any atom is 0.246 e. The molecule has 2 aromatic rings. The minimum atomic E-state index is -3.97. The molecule has 1 fully saturated rings. The minimum absolute atomic E-state index is 0.264. The van der Waals surface area contributed by atoms with E-state index in [-0.39, 0.29) is 13.1 Å². The van der Waals surface area contributed by atoms with E-state index in [1.807, 2.05) is 24.7 Å². The molecular weight excluding hydrogens is 362 g/mol. The Labute approximate surface area is 152 Å². The Morgan fingerprint density at radius 1 is 1.15 bits per heavy atom. The van der Waals surface area contributed by atoms with E-state index in [4.69, 9.17) is 0 Å². The monoisotopic (exact) mass is 384 g/mol.